The van der Waals surface area contributed by atoms with E-state index in [9.17, 15) is 112 Å². The highest BCUT2D eigenvalue weighted by molar-refractivity contribution is 5.79. The van der Waals surface area contributed by atoms with Gasteiger partial charge in [-0.15, -0.1) is 0 Å². The summed E-state index contributed by atoms with van der Waals surface area (Å²) in [6, 6.07) is 0. The Bertz CT molecular complexity index is 2960. The number of carboxylic acids is 1. The number of allylic oxidation sites excluding steroid dienone is 2. The molecule has 0 bridgehead atoms. The summed E-state index contributed by atoms with van der Waals surface area (Å²) >= 11 is 0. The van der Waals surface area contributed by atoms with E-state index in [0.29, 0.717) is 44.9 Å². The molecule has 0 amide bonds. The maximum atomic E-state index is 15.8. The maximum absolute atomic E-state index is 15.8. The summed E-state index contributed by atoms with van der Waals surface area (Å²) < 4.78 is 69.7. The molecule has 102 heavy (non-hydrogen) atoms. The van der Waals surface area contributed by atoms with Crippen molar-refractivity contribution in [2.24, 2.45) is 50.2 Å². The van der Waals surface area contributed by atoms with E-state index in [1.807, 2.05) is 0 Å². The Labute approximate surface area is 585 Å². The van der Waals surface area contributed by atoms with Crippen molar-refractivity contribution in [2.75, 3.05) is 33.0 Å². The molecule has 6 saturated heterocycles. The van der Waals surface area contributed by atoms with Gasteiger partial charge in [0.1, 0.15) is 134 Å². The third kappa shape index (κ3) is 13.6. The molecule has 39 unspecified atom stereocenters. The van der Waals surface area contributed by atoms with Crippen molar-refractivity contribution in [3.05, 3.63) is 11.6 Å². The molecule has 0 spiro atoms. The highest BCUT2D eigenvalue weighted by atomic mass is 16.8. The Morgan fingerprint density at radius 3 is 1.47 bits per heavy atom. The van der Waals surface area contributed by atoms with Crippen molar-refractivity contribution in [1.82, 2.24) is 0 Å². The minimum Gasteiger partial charge on any atom is -0.479 e. The average molecular weight is 1470 g/mol. The van der Waals surface area contributed by atoms with Gasteiger partial charge in [-0.05, 0) is 111 Å². The highest BCUT2D eigenvalue weighted by Gasteiger charge is 2.72. The third-order valence-electron chi connectivity index (χ3n) is 25.6. The third-order valence-corrected chi connectivity index (χ3v) is 25.6. The smallest absolute Gasteiger partial charge is 0.335 e. The van der Waals surface area contributed by atoms with Gasteiger partial charge in [-0.25, -0.2) is 4.79 Å². The predicted molar refractivity (Wildman–Crippen MR) is 330 cm³/mol. The van der Waals surface area contributed by atoms with Crippen LogP contribution in [0.2, 0.25) is 0 Å². The van der Waals surface area contributed by atoms with Crippen LogP contribution in [0.3, 0.4) is 0 Å². The Balaban J connectivity index is 0.842. The topological polar surface area (TPSA) is 587 Å². The van der Waals surface area contributed by atoms with Gasteiger partial charge in [0, 0.05) is 0 Å². The summed E-state index contributed by atoms with van der Waals surface area (Å²) in [5.41, 5.74) is -4.42. The van der Waals surface area contributed by atoms with Crippen molar-refractivity contribution in [1.29, 1.82) is 0 Å². The first-order valence-corrected chi connectivity index (χ1v) is 35.0. The molecular formula is C66H104O36. The molecule has 36 nitrogen and oxygen atoms in total. The van der Waals surface area contributed by atoms with Crippen LogP contribution in [0.15, 0.2) is 11.6 Å². The largest absolute Gasteiger partial charge is 0.479 e. The van der Waals surface area contributed by atoms with Gasteiger partial charge in [0.05, 0.1) is 50.0 Å². The van der Waals surface area contributed by atoms with E-state index in [4.69, 9.17) is 56.8 Å². The molecule has 584 valence electrons. The van der Waals surface area contributed by atoms with E-state index < -0.39 is 280 Å². The van der Waals surface area contributed by atoms with Gasteiger partial charge in [0.2, 0.25) is 12.6 Å². The zero-order valence-electron chi connectivity index (χ0n) is 57.3. The Hall–Kier alpha value is -3.05. The number of fused-ring (bicyclic) bond motifs is 7. The van der Waals surface area contributed by atoms with E-state index in [-0.39, 0.29) is 30.6 Å². The molecule has 0 aromatic rings. The van der Waals surface area contributed by atoms with Crippen molar-refractivity contribution in [2.45, 2.75) is 296 Å². The molecular weight excluding hydrogens is 1370 g/mol. The lowest BCUT2D eigenvalue weighted by atomic mass is 9.33. The maximum Gasteiger partial charge on any atom is 0.335 e. The van der Waals surface area contributed by atoms with Crippen molar-refractivity contribution < 1.29 is 178 Å². The molecule has 36 heteroatoms. The van der Waals surface area contributed by atoms with Gasteiger partial charge in [0.25, 0.3) is 0 Å². The lowest BCUT2D eigenvalue weighted by Crippen LogP contribution is -2.68. The van der Waals surface area contributed by atoms with Gasteiger partial charge in [-0.1, -0.05) is 46.3 Å². The molecule has 6 heterocycles. The normalized spacial score (nSPS) is 53.2. The molecule has 0 aromatic carbocycles. The summed E-state index contributed by atoms with van der Waals surface area (Å²) in [6.45, 7) is 7.96. The number of carboxylic acid groups (broad SMARTS) is 1. The van der Waals surface area contributed by atoms with Crippen molar-refractivity contribution in [3.63, 3.8) is 0 Å². The van der Waals surface area contributed by atoms with Gasteiger partial charge in [-0.3, -0.25) is 9.59 Å². The molecule has 21 N–H and O–H groups in total. The van der Waals surface area contributed by atoms with E-state index in [1.54, 1.807) is 6.92 Å². The van der Waals surface area contributed by atoms with Crippen LogP contribution in [-0.2, 0) is 71.2 Å². The minimum absolute atomic E-state index is 0.0965. The number of hydrogen-bond acceptors (Lipinski definition) is 35. The number of carbonyl (C=O) groups excluding carboxylic acids is 2. The van der Waals surface area contributed by atoms with Gasteiger partial charge < -0.3 is 164 Å². The summed E-state index contributed by atoms with van der Waals surface area (Å²) in [6.07, 6.45) is -53.4. The summed E-state index contributed by atoms with van der Waals surface area (Å²) in [5, 5.41) is 227. The zero-order valence-corrected chi connectivity index (χ0v) is 57.3. The summed E-state index contributed by atoms with van der Waals surface area (Å²) in [7, 11) is 0. The standard InChI is InChI=1S/C66H104O36/c1-61(2)13-15-66(60(90)101-57-48(86)49(98-55-46(84)39(77)34(72)26(19-68)94-55)37(75)29(97-57)22-92-54-45(83)40(78)36(74)28(96-54)21-91-53-44(82)38(76)33(71)25(18-67)93-53)16-14-63(4)23(24(66)17-61)7-8-30-62(3)11-10-32(70)65(6,31(62)9-12-64(30,63)5)59(89)102-58-51(42(80)35(73)27(20-69)95-58)100-56-47(85)41(79)43(81)50(99-56)52(87)88/h7,24-51,53-58,67-86H,8-22H2,1-6H3,(H,87,88). The lowest BCUT2D eigenvalue weighted by molar-refractivity contribution is -0.364. The Kier molecular flexibility index (Phi) is 23.6. The lowest BCUT2D eigenvalue weighted by Gasteiger charge is -2.71. The Morgan fingerprint density at radius 2 is 0.902 bits per heavy atom. The first kappa shape index (κ1) is 80.0. The number of esters is 2. The van der Waals surface area contributed by atoms with Crippen LogP contribution in [0.5, 0.6) is 0 Å². The molecule has 0 aromatic heterocycles. The van der Waals surface area contributed by atoms with E-state index in [2.05, 4.69) is 40.7 Å². The number of aliphatic hydroxyl groups is 20. The fourth-order valence-corrected chi connectivity index (χ4v) is 19.0. The molecule has 10 fully saturated rings. The van der Waals surface area contributed by atoms with Crippen molar-refractivity contribution >= 4 is 17.9 Å². The SMILES string of the molecule is CC1(C)CCC2(C(=O)OC3OC(COC4OC(COC5OC(CO)C(O)C(O)C5O)C(O)C(O)C4O)C(O)C(OC4OC(CO)C(O)C(O)C4O)C3O)CCC3(C)C(=CCC4C5(C)CCC(O)C(C)(C(=O)OC6OC(CO)C(O)C(O)C6OC6OC(C(=O)O)C(O)C(O)C6O)C5CCC43C)C2C1. The second-order valence-corrected chi connectivity index (χ2v) is 31.8. The van der Waals surface area contributed by atoms with E-state index >= 15 is 9.59 Å². The number of carbonyl (C=O) groups is 3. The fourth-order valence-electron chi connectivity index (χ4n) is 19.0. The minimum atomic E-state index is -2.15. The molecule has 6 aliphatic heterocycles. The second-order valence-electron chi connectivity index (χ2n) is 31.8. The van der Waals surface area contributed by atoms with Crippen LogP contribution in [-0.4, -0.2) is 349 Å². The highest BCUT2D eigenvalue weighted by Crippen LogP contribution is 2.76. The van der Waals surface area contributed by atoms with Crippen LogP contribution in [0.1, 0.15) is 106 Å². The second kappa shape index (κ2) is 30.1. The molecule has 0 radical (unpaired) electrons. The van der Waals surface area contributed by atoms with Crippen LogP contribution < -0.4 is 0 Å². The van der Waals surface area contributed by atoms with Crippen LogP contribution >= 0.6 is 0 Å². The molecule has 5 aliphatic carbocycles. The number of hydrogen-bond donors (Lipinski definition) is 21. The summed E-state index contributed by atoms with van der Waals surface area (Å²) in [4.78, 5) is 43.0. The number of rotatable bonds is 18. The van der Waals surface area contributed by atoms with Gasteiger partial charge in [-0.2, -0.15) is 0 Å². The molecule has 11 rings (SSSR count). The van der Waals surface area contributed by atoms with E-state index in [1.165, 1.54) is 0 Å². The zero-order chi connectivity index (χ0) is 74.7. The van der Waals surface area contributed by atoms with Crippen LogP contribution in [0, 0.1) is 50.2 Å². The van der Waals surface area contributed by atoms with Crippen LogP contribution in [0.4, 0.5) is 0 Å². The average Bonchev–Trinajstić information content (AvgIpc) is 0.673. The quantitative estimate of drug-likeness (QED) is 0.0448. The first-order chi connectivity index (χ1) is 47.8. The number of aliphatic hydroxyl groups excluding tert-OH is 20. The monoisotopic (exact) mass is 1470 g/mol. The van der Waals surface area contributed by atoms with Gasteiger partial charge in [0.15, 0.2) is 37.4 Å². The first-order valence-electron chi connectivity index (χ1n) is 35.0. The van der Waals surface area contributed by atoms with Crippen molar-refractivity contribution in [3.8, 4) is 0 Å². The van der Waals surface area contributed by atoms with E-state index in [0.717, 1.165) is 5.57 Å². The Morgan fingerprint density at radius 1 is 0.441 bits per heavy atom. The number of ether oxygens (including phenoxy) is 12. The number of aliphatic carboxylic acids is 1. The molecule has 4 saturated carbocycles. The molecule has 39 atom stereocenters. The fraction of sp³-hybridized carbons (Fsp3) is 0.924. The van der Waals surface area contributed by atoms with Gasteiger partial charge >= 0.3 is 17.9 Å². The predicted octanol–water partition coefficient (Wildman–Crippen LogP) is -7.80. The van der Waals surface area contributed by atoms with Crippen LogP contribution in [0.25, 0.3) is 0 Å². The molecule has 11 aliphatic rings. The summed E-state index contributed by atoms with van der Waals surface area (Å²) in [5.74, 6) is -4.95.